The molecule has 0 bridgehead atoms. The maximum atomic E-state index is 12.2. The van der Waals surface area contributed by atoms with Crippen LogP contribution in [0, 0.1) is 0 Å². The molecule has 0 saturated carbocycles. The predicted octanol–water partition coefficient (Wildman–Crippen LogP) is 1.03. The molecule has 1 heterocycles. The summed E-state index contributed by atoms with van der Waals surface area (Å²) in [6.07, 6.45) is 1.94. The number of carbonyl (C=O) groups excluding carboxylic acids is 2. The highest BCUT2D eigenvalue weighted by Gasteiger charge is 2.40. The zero-order chi connectivity index (χ0) is 18.3. The fourth-order valence-corrected chi connectivity index (χ4v) is 3.83. The molecule has 2 rings (SSSR count). The summed E-state index contributed by atoms with van der Waals surface area (Å²) >= 11 is 0. The zero-order valence-corrected chi connectivity index (χ0v) is 12.9. The molecule has 24 heavy (non-hydrogen) atoms. The topological polar surface area (TPSA) is 120 Å². The van der Waals surface area contributed by atoms with Crippen LogP contribution in [-0.2, 0) is 29.6 Å². The highest BCUT2D eigenvalue weighted by atomic mass is 32.3. The third-order valence-corrected chi connectivity index (χ3v) is 5.71. The second kappa shape index (κ2) is 5.68. The average molecular weight is 383 g/mol. The predicted molar refractivity (Wildman–Crippen MR) is 73.6 cm³/mol. The van der Waals surface area contributed by atoms with E-state index in [2.05, 4.69) is 0 Å². The van der Waals surface area contributed by atoms with Gasteiger partial charge in [0.25, 0.3) is 11.8 Å². The standard InChI is InChI=1S/C11H6F3N2O6S2/c12-11(13,14)24(21,22)15-23(19,20)8-3-1-7(2-4-8)16-9(17)5-6-10(16)18/h1-6H/q-1. The number of rotatable bonds is 4. The van der Waals surface area contributed by atoms with Crippen molar-refractivity contribution < 1.29 is 39.6 Å². The van der Waals surface area contributed by atoms with E-state index in [4.69, 9.17) is 0 Å². The Morgan fingerprint density at radius 2 is 1.33 bits per heavy atom. The van der Waals surface area contributed by atoms with E-state index in [0.29, 0.717) is 4.90 Å². The average Bonchev–Trinajstić information content (AvgIpc) is 2.76. The molecule has 0 spiro atoms. The van der Waals surface area contributed by atoms with Crippen molar-refractivity contribution in [2.24, 2.45) is 0 Å². The molecule has 1 aromatic carbocycles. The molecule has 13 heteroatoms. The van der Waals surface area contributed by atoms with E-state index >= 15 is 0 Å². The fourth-order valence-electron chi connectivity index (χ4n) is 1.64. The van der Waals surface area contributed by atoms with Gasteiger partial charge in [-0.25, -0.2) is 21.7 Å². The Morgan fingerprint density at radius 3 is 1.75 bits per heavy atom. The first-order valence-corrected chi connectivity index (χ1v) is 8.70. The van der Waals surface area contributed by atoms with Crippen LogP contribution in [0.1, 0.15) is 0 Å². The Kier molecular flexibility index (Phi) is 4.28. The molecular weight excluding hydrogens is 377 g/mol. The molecule has 1 aromatic rings. The van der Waals surface area contributed by atoms with Crippen LogP contribution >= 0.6 is 0 Å². The molecule has 1 aliphatic heterocycles. The first-order chi connectivity index (χ1) is 10.8. The van der Waals surface area contributed by atoms with Crippen LogP contribution in [0.5, 0.6) is 0 Å². The minimum Gasteiger partial charge on any atom is -0.424 e. The summed E-state index contributed by atoms with van der Waals surface area (Å²) in [5.41, 5.74) is -5.91. The Labute approximate surface area is 133 Å². The molecule has 0 unspecified atom stereocenters. The molecule has 0 aromatic heterocycles. The zero-order valence-electron chi connectivity index (χ0n) is 11.3. The lowest BCUT2D eigenvalue weighted by Gasteiger charge is -2.22. The highest BCUT2D eigenvalue weighted by Crippen LogP contribution is 2.33. The number of carbonyl (C=O) groups is 2. The monoisotopic (exact) mass is 383 g/mol. The maximum Gasteiger partial charge on any atom is 0.480 e. The number of benzene rings is 1. The van der Waals surface area contributed by atoms with Crippen molar-refractivity contribution in [3.05, 3.63) is 40.5 Å². The minimum absolute atomic E-state index is 0.0485. The largest absolute Gasteiger partial charge is 0.480 e. The number of hydrogen-bond donors (Lipinski definition) is 0. The third kappa shape index (κ3) is 3.32. The lowest BCUT2D eigenvalue weighted by atomic mass is 10.3. The van der Waals surface area contributed by atoms with Gasteiger partial charge in [-0.15, -0.1) is 0 Å². The van der Waals surface area contributed by atoms with Crippen LogP contribution in [0.3, 0.4) is 0 Å². The van der Waals surface area contributed by atoms with E-state index in [1.54, 1.807) is 0 Å². The van der Waals surface area contributed by atoms with Crippen LogP contribution < -0.4 is 4.90 Å². The molecule has 1 aliphatic rings. The van der Waals surface area contributed by atoms with Crippen LogP contribution in [0.15, 0.2) is 41.3 Å². The van der Waals surface area contributed by atoms with Gasteiger partial charge in [-0.2, -0.15) is 13.2 Å². The molecule has 2 amide bonds. The number of halogens is 3. The number of sulfonamides is 2. The van der Waals surface area contributed by atoms with E-state index in [1.807, 2.05) is 4.13 Å². The molecule has 0 aliphatic carbocycles. The highest BCUT2D eigenvalue weighted by molar-refractivity contribution is 8.12. The van der Waals surface area contributed by atoms with Crippen LogP contribution in [0.25, 0.3) is 4.13 Å². The van der Waals surface area contributed by atoms with Crippen molar-refractivity contribution in [1.29, 1.82) is 0 Å². The van der Waals surface area contributed by atoms with Crippen molar-refractivity contribution >= 4 is 37.5 Å². The first-order valence-electron chi connectivity index (χ1n) is 5.82. The van der Waals surface area contributed by atoms with Gasteiger partial charge in [0.15, 0.2) is 10.0 Å². The lowest BCUT2D eigenvalue weighted by molar-refractivity contribution is -0.120. The van der Waals surface area contributed by atoms with E-state index in [0.717, 1.165) is 36.4 Å². The first kappa shape index (κ1) is 18.1. The minimum atomic E-state index is -6.24. The van der Waals surface area contributed by atoms with Gasteiger partial charge in [-0.1, -0.05) is 0 Å². The van der Waals surface area contributed by atoms with Gasteiger partial charge in [-0.3, -0.25) is 9.59 Å². The summed E-state index contributed by atoms with van der Waals surface area (Å²) in [6.45, 7) is 0. The van der Waals surface area contributed by atoms with E-state index in [9.17, 15) is 39.6 Å². The van der Waals surface area contributed by atoms with Gasteiger partial charge >= 0.3 is 5.51 Å². The van der Waals surface area contributed by atoms with Crippen LogP contribution in [0.4, 0.5) is 18.9 Å². The normalized spacial score (nSPS) is 16.0. The second-order valence-corrected chi connectivity index (χ2v) is 7.74. The van der Waals surface area contributed by atoms with Crippen LogP contribution in [0.2, 0.25) is 0 Å². The van der Waals surface area contributed by atoms with E-state index in [-0.39, 0.29) is 5.69 Å². The number of alkyl halides is 3. The summed E-state index contributed by atoms with van der Waals surface area (Å²) in [4.78, 5) is 22.7. The molecule has 0 atom stereocenters. The lowest BCUT2D eigenvalue weighted by Crippen LogP contribution is -2.29. The van der Waals surface area contributed by atoms with Gasteiger partial charge in [0.2, 0.25) is 0 Å². The number of nitrogens with zero attached hydrogens (tertiary/aromatic N) is 2. The van der Waals surface area contributed by atoms with Crippen molar-refractivity contribution in [2.45, 2.75) is 10.4 Å². The van der Waals surface area contributed by atoms with Gasteiger partial charge in [0.05, 0.1) is 5.69 Å². The van der Waals surface area contributed by atoms with Crippen molar-refractivity contribution in [2.75, 3.05) is 4.90 Å². The molecule has 130 valence electrons. The number of anilines is 1. The fraction of sp³-hybridized carbons (Fsp3) is 0.0909. The third-order valence-electron chi connectivity index (χ3n) is 2.69. The molecule has 0 saturated heterocycles. The second-order valence-electron chi connectivity index (χ2n) is 4.31. The van der Waals surface area contributed by atoms with Crippen molar-refractivity contribution in [3.63, 3.8) is 0 Å². The summed E-state index contributed by atoms with van der Waals surface area (Å²) < 4.78 is 83.5. The smallest absolute Gasteiger partial charge is 0.424 e. The quantitative estimate of drug-likeness (QED) is 0.716. The molecular formula is C11H6F3N2O6S2-. The number of imide groups is 1. The number of hydrogen-bond acceptors (Lipinski definition) is 6. The molecule has 0 fully saturated rings. The summed E-state index contributed by atoms with van der Waals surface area (Å²) in [7, 11) is -11.4. The van der Waals surface area contributed by atoms with Gasteiger partial charge < -0.3 is 4.13 Å². The molecule has 8 nitrogen and oxygen atoms in total. The summed E-state index contributed by atoms with van der Waals surface area (Å²) in [6, 6.07) is 3.34. The Hall–Kier alpha value is -2.25. The Bertz CT molecular complexity index is 915. The van der Waals surface area contributed by atoms with E-state index in [1.165, 1.54) is 0 Å². The van der Waals surface area contributed by atoms with E-state index < -0.39 is 42.3 Å². The van der Waals surface area contributed by atoms with Crippen molar-refractivity contribution in [1.82, 2.24) is 0 Å². The molecule has 0 N–H and O–H groups in total. The van der Waals surface area contributed by atoms with Crippen molar-refractivity contribution in [3.8, 4) is 0 Å². The van der Waals surface area contributed by atoms with Gasteiger partial charge in [0, 0.05) is 17.0 Å². The van der Waals surface area contributed by atoms with Gasteiger partial charge in [-0.05, 0) is 24.3 Å². The van der Waals surface area contributed by atoms with Crippen LogP contribution in [-0.4, -0.2) is 34.2 Å². The SMILES string of the molecule is O=C1C=CC(=O)N1c1ccc(S(=O)(=O)[N-]S(=O)(=O)C(F)(F)F)cc1. The number of amides is 2. The molecule has 0 radical (unpaired) electrons. The maximum absolute atomic E-state index is 12.2. The Morgan fingerprint density at radius 1 is 0.875 bits per heavy atom. The van der Waals surface area contributed by atoms with Gasteiger partial charge in [0.1, 0.15) is 10.0 Å². The Balaban J connectivity index is 2.31. The summed E-state index contributed by atoms with van der Waals surface area (Å²) in [5, 5.41) is 0. The summed E-state index contributed by atoms with van der Waals surface area (Å²) in [5.74, 6) is -1.39.